The molecule has 358 valence electrons. The van der Waals surface area contributed by atoms with Gasteiger partial charge in [0.2, 0.25) is 29.5 Å². The van der Waals surface area contributed by atoms with Crippen LogP contribution >= 0.6 is 0 Å². The second-order valence-electron chi connectivity index (χ2n) is 17.3. The van der Waals surface area contributed by atoms with E-state index < -0.39 is 59.7 Å². The molecule has 0 radical (unpaired) electrons. The lowest BCUT2D eigenvalue weighted by molar-refractivity contribution is -0.713. The fourth-order valence-electron chi connectivity index (χ4n) is 8.39. The molecule has 5 amide bonds. The van der Waals surface area contributed by atoms with Crippen LogP contribution in [0, 0.1) is 0 Å². The molecule has 3 aliphatic heterocycles. The molecule has 0 aliphatic carbocycles. The lowest BCUT2D eigenvalue weighted by Gasteiger charge is -2.28. The van der Waals surface area contributed by atoms with Crippen LogP contribution in [0.2, 0.25) is 0 Å². The molecule has 6 aromatic rings. The molecule has 9 N–H and O–H groups in total. The number of benzene rings is 5. The number of amides is 5. The minimum atomic E-state index is -1.21. The number of aromatic nitrogens is 1. The van der Waals surface area contributed by atoms with Gasteiger partial charge in [-0.25, -0.2) is 0 Å². The molecule has 0 unspecified atom stereocenters. The van der Waals surface area contributed by atoms with E-state index in [1.807, 2.05) is 127 Å². The smallest absolute Gasteiger partial charge is 0.258 e. The summed E-state index contributed by atoms with van der Waals surface area (Å²) in [6.07, 6.45) is 4.90. The van der Waals surface area contributed by atoms with Gasteiger partial charge >= 0.3 is 0 Å². The van der Waals surface area contributed by atoms with Gasteiger partial charge in [0.15, 0.2) is 6.61 Å². The molecule has 16 nitrogen and oxygen atoms in total. The first kappa shape index (κ1) is 48.3. The lowest BCUT2D eigenvalue weighted by atomic mass is 9.98. The van der Waals surface area contributed by atoms with Crippen LogP contribution in [0.1, 0.15) is 40.7 Å². The standard InChI is InChI=1S/C54H56N10O6/c65-49-35-70-43-24-18-37(19-25-43)21-27-45(52(67)59-46(50-61-63-64-62-50)32-38-12-6-2-7-13-38)57-51(66)44(26-20-36-10-4-1-5-11-36)58-54(69)48(60-53(68)47(56-49)34-40-28-30-55-31-29-40)33-39-16-22-42(23-17-39)41-14-8-3-9-15-41/h1-19,22-25,28-31,44-48,63-64H,20-21,26-27,32-35H2,(H,56,65)(H,57,66)(H,58,69)(H,59,67)(H,60,68)(H,61,62)/p+1/t44-,45-,46-,47-,48+/m0/s1. The number of carbonyl (C=O) groups excluding carboxylic acids is 5. The van der Waals surface area contributed by atoms with Crippen molar-refractivity contribution in [2.24, 2.45) is 5.10 Å². The minimum Gasteiger partial charge on any atom is -0.484 e. The highest BCUT2D eigenvalue weighted by Crippen LogP contribution is 2.21. The third-order valence-corrected chi connectivity index (χ3v) is 12.2. The van der Waals surface area contributed by atoms with Crippen LogP contribution in [-0.2, 0) is 56.1 Å². The number of nitrogens with zero attached hydrogens (tertiary/aromatic N) is 2. The number of fused-ring (bicyclic) bond motifs is 17. The van der Waals surface area contributed by atoms with Crippen molar-refractivity contribution in [1.29, 1.82) is 0 Å². The molecule has 70 heavy (non-hydrogen) atoms. The molecule has 5 aromatic carbocycles. The fourth-order valence-corrected chi connectivity index (χ4v) is 8.39. The molecule has 0 fully saturated rings. The fraction of sp³-hybridized carbons (Fsp3) is 0.241. The van der Waals surface area contributed by atoms with Crippen LogP contribution < -0.4 is 47.8 Å². The lowest BCUT2D eigenvalue weighted by Crippen LogP contribution is -2.87. The Morgan fingerprint density at radius 2 is 1.21 bits per heavy atom. The SMILES string of the molecule is O=C1COc2ccc(cc2)CC[C@@H](C(=O)N[C@@H](Cc2ccccc2)C2=N[NH2+]NN2)NC(=O)[C@H](CCc2ccccc2)NC(=O)[C@@H](Cc2ccc(-c3ccccc3)cc2)NC(=O)[C@H](Cc2ccncc2)N1. The quantitative estimate of drug-likeness (QED) is 0.0630. The zero-order valence-electron chi connectivity index (χ0n) is 38.6. The molecular weight excluding hydrogens is 885 g/mol. The van der Waals surface area contributed by atoms with Crippen LogP contribution in [0.3, 0.4) is 0 Å². The Hall–Kier alpha value is -8.21. The van der Waals surface area contributed by atoms with Crippen molar-refractivity contribution in [3.63, 3.8) is 0 Å². The molecule has 5 atom stereocenters. The van der Waals surface area contributed by atoms with Gasteiger partial charge in [-0.15, -0.1) is 5.53 Å². The van der Waals surface area contributed by atoms with Gasteiger partial charge in [0.25, 0.3) is 5.91 Å². The Morgan fingerprint density at radius 1 is 0.629 bits per heavy atom. The molecule has 0 saturated carbocycles. The van der Waals surface area contributed by atoms with Gasteiger partial charge < -0.3 is 31.3 Å². The Balaban J connectivity index is 1.12. The van der Waals surface area contributed by atoms with E-state index in [4.69, 9.17) is 4.74 Å². The predicted octanol–water partition coefficient (Wildman–Crippen LogP) is 2.76. The maximum Gasteiger partial charge on any atom is 0.258 e. The molecule has 3 aliphatic rings. The van der Waals surface area contributed by atoms with Crippen molar-refractivity contribution >= 4 is 35.4 Å². The predicted molar refractivity (Wildman–Crippen MR) is 264 cm³/mol. The van der Waals surface area contributed by atoms with Crippen LogP contribution in [0.4, 0.5) is 0 Å². The van der Waals surface area contributed by atoms with Gasteiger partial charge in [0.1, 0.15) is 29.9 Å². The van der Waals surface area contributed by atoms with Gasteiger partial charge in [0, 0.05) is 31.7 Å². The van der Waals surface area contributed by atoms with E-state index in [9.17, 15) is 24.0 Å². The first-order valence-electron chi connectivity index (χ1n) is 23.5. The Morgan fingerprint density at radius 3 is 1.87 bits per heavy atom. The Kier molecular flexibility index (Phi) is 16.7. The minimum absolute atomic E-state index is 0.0480. The molecular formula is C54H57N10O6+. The zero-order chi connectivity index (χ0) is 48.5. The molecule has 9 rings (SSSR count). The Labute approximate surface area is 406 Å². The van der Waals surface area contributed by atoms with E-state index in [-0.39, 0.29) is 32.3 Å². The highest BCUT2D eigenvalue weighted by Gasteiger charge is 2.33. The monoisotopic (exact) mass is 941 g/mol. The van der Waals surface area contributed by atoms with E-state index in [2.05, 4.69) is 47.6 Å². The van der Waals surface area contributed by atoms with Crippen LogP contribution in [0.25, 0.3) is 11.1 Å². The van der Waals surface area contributed by atoms with Gasteiger partial charge in [-0.2, -0.15) is 0 Å². The number of nitrogens with one attached hydrogen (secondary N) is 7. The first-order valence-corrected chi connectivity index (χ1v) is 23.5. The van der Waals surface area contributed by atoms with Crippen molar-refractivity contribution in [1.82, 2.24) is 42.5 Å². The number of hydrogen-bond donors (Lipinski definition) is 8. The summed E-state index contributed by atoms with van der Waals surface area (Å²) in [4.78, 5) is 76.3. The largest absolute Gasteiger partial charge is 0.484 e. The molecule has 0 saturated heterocycles. The molecule has 4 heterocycles. The van der Waals surface area contributed by atoms with E-state index in [0.29, 0.717) is 30.8 Å². The first-order chi connectivity index (χ1) is 34.2. The van der Waals surface area contributed by atoms with Gasteiger partial charge in [-0.05, 0) is 94.0 Å². The summed E-state index contributed by atoms with van der Waals surface area (Å²) < 4.78 is 5.86. The third-order valence-electron chi connectivity index (χ3n) is 12.2. The number of pyridine rings is 1. The summed E-state index contributed by atoms with van der Waals surface area (Å²) in [6.45, 7) is -0.383. The molecule has 0 spiro atoms. The van der Waals surface area contributed by atoms with E-state index in [1.165, 1.54) is 5.53 Å². The highest BCUT2D eigenvalue weighted by molar-refractivity contribution is 5.97. The Bertz CT molecular complexity index is 2710. The van der Waals surface area contributed by atoms with E-state index in [1.54, 1.807) is 36.7 Å². The van der Waals surface area contributed by atoms with Crippen LogP contribution in [0.15, 0.2) is 169 Å². The average Bonchev–Trinajstić information content (AvgIpc) is 3.94. The number of hydrazine groups is 1. The summed E-state index contributed by atoms with van der Waals surface area (Å²) in [6, 6.07) is 42.3. The number of nitrogens with two attached hydrogens (primary N) is 1. The average molecular weight is 942 g/mol. The summed E-state index contributed by atoms with van der Waals surface area (Å²) in [7, 11) is 0. The van der Waals surface area contributed by atoms with Crippen LogP contribution in [0.5, 0.6) is 5.75 Å². The summed E-state index contributed by atoms with van der Waals surface area (Å²) in [5, 5.41) is 19.3. The summed E-state index contributed by atoms with van der Waals surface area (Å²) in [5.41, 5.74) is 13.6. The summed E-state index contributed by atoms with van der Waals surface area (Å²) in [5.74, 6) is -1.90. The van der Waals surface area contributed by atoms with E-state index >= 15 is 0 Å². The van der Waals surface area contributed by atoms with Crippen molar-refractivity contribution in [3.05, 3.63) is 192 Å². The number of rotatable bonds is 13. The van der Waals surface area contributed by atoms with Crippen molar-refractivity contribution in [2.75, 3.05) is 6.61 Å². The molecule has 16 heteroatoms. The van der Waals surface area contributed by atoms with Crippen molar-refractivity contribution in [2.45, 2.75) is 75.2 Å². The highest BCUT2D eigenvalue weighted by atomic mass is 16.5. The number of hydrogen-bond acceptors (Lipinski definition) is 10. The second-order valence-corrected chi connectivity index (χ2v) is 17.3. The normalized spacial score (nSPS) is 19.5. The van der Waals surface area contributed by atoms with Crippen LogP contribution in [-0.4, -0.2) is 77.2 Å². The summed E-state index contributed by atoms with van der Waals surface area (Å²) >= 11 is 0. The maximum atomic E-state index is 14.8. The topological polar surface area (TPSA) is 221 Å². The number of ether oxygens (including phenoxy) is 1. The van der Waals surface area contributed by atoms with Gasteiger partial charge in [-0.3, -0.25) is 34.4 Å². The molecule has 1 aromatic heterocycles. The number of amidine groups is 1. The number of aryl methyl sites for hydroxylation is 2. The maximum absolute atomic E-state index is 14.8. The van der Waals surface area contributed by atoms with Crippen molar-refractivity contribution < 1.29 is 34.2 Å². The second kappa shape index (κ2) is 24.2. The van der Waals surface area contributed by atoms with E-state index in [0.717, 1.165) is 38.9 Å². The zero-order valence-corrected chi connectivity index (χ0v) is 38.6. The van der Waals surface area contributed by atoms with Gasteiger partial charge in [0.05, 0.1) is 6.04 Å². The number of quaternary nitrogens is 1. The van der Waals surface area contributed by atoms with Gasteiger partial charge in [-0.1, -0.05) is 133 Å². The molecule has 2 bridgehead atoms. The third kappa shape index (κ3) is 13.9. The number of carbonyl (C=O) groups is 5. The van der Waals surface area contributed by atoms with Crippen molar-refractivity contribution in [3.8, 4) is 16.9 Å².